The fourth-order valence-electron chi connectivity index (χ4n) is 0.954. The molecule has 0 aromatic heterocycles. The highest BCUT2D eigenvalue weighted by molar-refractivity contribution is 5.32. The van der Waals surface area contributed by atoms with Crippen LogP contribution in [0.2, 0.25) is 0 Å². The first-order chi connectivity index (χ1) is 6.73. The Morgan fingerprint density at radius 2 is 1.53 bits per heavy atom. The van der Waals surface area contributed by atoms with Crippen LogP contribution in [0.1, 0.15) is 11.6 Å². The summed E-state index contributed by atoms with van der Waals surface area (Å²) in [5, 5.41) is 8.64. The van der Waals surface area contributed by atoms with Crippen LogP contribution in [0.25, 0.3) is 0 Å². The van der Waals surface area contributed by atoms with Crippen molar-refractivity contribution >= 4 is 0 Å². The number of hydrogen-bond acceptors (Lipinski definition) is 2. The Morgan fingerprint density at radius 3 is 1.87 bits per heavy atom. The van der Waals surface area contributed by atoms with Gasteiger partial charge in [0.05, 0.1) is 0 Å². The zero-order valence-electron chi connectivity index (χ0n) is 7.15. The fraction of sp³-hybridized carbons (Fsp3) is 0.250. The fourth-order valence-corrected chi connectivity index (χ4v) is 0.954. The number of benzene rings is 1. The van der Waals surface area contributed by atoms with Gasteiger partial charge in [-0.15, -0.1) is 0 Å². The van der Waals surface area contributed by atoms with E-state index in [-0.39, 0.29) is 0 Å². The summed E-state index contributed by atoms with van der Waals surface area (Å²) in [4.78, 5) is 0. The third kappa shape index (κ3) is 2.35. The van der Waals surface area contributed by atoms with Gasteiger partial charge in [-0.1, -0.05) is 0 Å². The lowest BCUT2D eigenvalue weighted by Crippen LogP contribution is -2.28. The number of phenolic OH excluding ortho intramolecular Hbond substituents is 1. The summed E-state index contributed by atoms with van der Waals surface area (Å²) >= 11 is 0. The predicted octanol–water partition coefficient (Wildman–Crippen LogP) is 2.23. The van der Waals surface area contributed by atoms with E-state index in [0.717, 1.165) is 0 Å². The molecular formula is C8H6F5NO. The number of nitrogens with two attached hydrogens (primary N) is 1. The molecular weight excluding hydrogens is 221 g/mol. The first kappa shape index (κ1) is 11.7. The van der Waals surface area contributed by atoms with E-state index in [4.69, 9.17) is 10.8 Å². The summed E-state index contributed by atoms with van der Waals surface area (Å²) in [7, 11) is 0. The molecule has 0 aliphatic carbocycles. The minimum absolute atomic E-state index is 0.344. The first-order valence-corrected chi connectivity index (χ1v) is 3.73. The lowest BCUT2D eigenvalue weighted by atomic mass is 10.1. The lowest BCUT2D eigenvalue weighted by Gasteiger charge is -2.16. The van der Waals surface area contributed by atoms with Gasteiger partial charge in [0.15, 0.2) is 17.4 Å². The largest absolute Gasteiger partial charge is 0.503 e. The lowest BCUT2D eigenvalue weighted by molar-refractivity contribution is -0.149. The first-order valence-electron chi connectivity index (χ1n) is 3.73. The molecule has 0 fully saturated rings. The van der Waals surface area contributed by atoms with Crippen molar-refractivity contribution in [2.24, 2.45) is 5.73 Å². The van der Waals surface area contributed by atoms with Crippen LogP contribution in [0, 0.1) is 11.6 Å². The maximum Gasteiger partial charge on any atom is 0.407 e. The van der Waals surface area contributed by atoms with Crippen molar-refractivity contribution in [3.8, 4) is 5.75 Å². The molecule has 0 aliphatic rings. The summed E-state index contributed by atoms with van der Waals surface area (Å²) < 4.78 is 61.6. The summed E-state index contributed by atoms with van der Waals surface area (Å²) in [6.07, 6.45) is -4.80. The van der Waals surface area contributed by atoms with Gasteiger partial charge in [0.25, 0.3) is 0 Å². The number of rotatable bonds is 1. The highest BCUT2D eigenvalue weighted by atomic mass is 19.4. The zero-order chi connectivity index (χ0) is 11.8. The SMILES string of the molecule is N[C@@H](c1cc(F)c(O)c(F)c1)C(F)(F)F. The van der Waals surface area contributed by atoms with Gasteiger partial charge in [0.1, 0.15) is 6.04 Å². The second kappa shape index (κ2) is 3.65. The van der Waals surface area contributed by atoms with E-state index < -0.39 is 35.2 Å². The Hall–Kier alpha value is -1.37. The van der Waals surface area contributed by atoms with Crippen LogP contribution in [0.4, 0.5) is 22.0 Å². The van der Waals surface area contributed by atoms with Crippen LogP contribution in [0.3, 0.4) is 0 Å². The van der Waals surface area contributed by atoms with E-state index >= 15 is 0 Å². The van der Waals surface area contributed by atoms with Crippen LogP contribution in [-0.4, -0.2) is 11.3 Å². The van der Waals surface area contributed by atoms with Gasteiger partial charge in [-0.05, 0) is 17.7 Å². The average Bonchev–Trinajstić information content (AvgIpc) is 2.10. The Bertz CT molecular complexity index is 353. The zero-order valence-corrected chi connectivity index (χ0v) is 7.15. The number of aromatic hydroxyl groups is 1. The summed E-state index contributed by atoms with van der Waals surface area (Å²) in [6.45, 7) is 0. The molecule has 0 bridgehead atoms. The molecule has 0 amide bonds. The number of halogens is 5. The molecule has 7 heteroatoms. The Balaban J connectivity index is 3.17. The molecule has 0 saturated heterocycles. The van der Waals surface area contributed by atoms with Gasteiger partial charge in [0, 0.05) is 0 Å². The van der Waals surface area contributed by atoms with Crippen molar-refractivity contribution < 1.29 is 27.1 Å². The van der Waals surface area contributed by atoms with E-state index in [9.17, 15) is 22.0 Å². The highest BCUT2D eigenvalue weighted by Gasteiger charge is 2.38. The molecule has 84 valence electrons. The van der Waals surface area contributed by atoms with Crippen LogP contribution < -0.4 is 5.73 Å². The second-order valence-electron chi connectivity index (χ2n) is 2.85. The van der Waals surface area contributed by atoms with Gasteiger partial charge in [-0.2, -0.15) is 13.2 Å². The van der Waals surface area contributed by atoms with Gasteiger partial charge < -0.3 is 10.8 Å². The Kier molecular flexibility index (Phi) is 2.85. The van der Waals surface area contributed by atoms with Crippen molar-refractivity contribution in [3.05, 3.63) is 29.3 Å². The van der Waals surface area contributed by atoms with Gasteiger partial charge in [-0.3, -0.25) is 0 Å². The molecule has 3 N–H and O–H groups in total. The van der Waals surface area contributed by atoms with Crippen molar-refractivity contribution in [1.82, 2.24) is 0 Å². The average molecular weight is 227 g/mol. The van der Waals surface area contributed by atoms with E-state index in [2.05, 4.69) is 0 Å². The van der Waals surface area contributed by atoms with E-state index in [1.54, 1.807) is 0 Å². The molecule has 1 atom stereocenters. The molecule has 15 heavy (non-hydrogen) atoms. The molecule has 1 aromatic carbocycles. The normalized spacial score (nSPS) is 14.0. The van der Waals surface area contributed by atoms with E-state index in [1.165, 1.54) is 0 Å². The molecule has 2 nitrogen and oxygen atoms in total. The molecule has 1 aromatic rings. The maximum absolute atomic E-state index is 12.7. The summed E-state index contributed by atoms with van der Waals surface area (Å²) in [5.74, 6) is -4.29. The standard InChI is InChI=1S/C8H6F5NO/c9-4-1-3(2-5(10)6(4)15)7(14)8(11,12)13/h1-2,7,15H,14H2/t7-/m0/s1. The van der Waals surface area contributed by atoms with Crippen molar-refractivity contribution in [3.63, 3.8) is 0 Å². The molecule has 0 heterocycles. The highest BCUT2D eigenvalue weighted by Crippen LogP contribution is 2.33. The van der Waals surface area contributed by atoms with Crippen molar-refractivity contribution in [2.45, 2.75) is 12.2 Å². The Morgan fingerprint density at radius 1 is 1.13 bits per heavy atom. The van der Waals surface area contributed by atoms with Crippen LogP contribution in [0.15, 0.2) is 12.1 Å². The maximum atomic E-state index is 12.7. The van der Waals surface area contributed by atoms with Crippen molar-refractivity contribution in [1.29, 1.82) is 0 Å². The quantitative estimate of drug-likeness (QED) is 0.722. The molecule has 0 saturated carbocycles. The van der Waals surface area contributed by atoms with Gasteiger partial charge in [-0.25, -0.2) is 8.78 Å². The summed E-state index contributed by atoms with van der Waals surface area (Å²) in [5.41, 5.74) is 3.94. The molecule has 1 rings (SSSR count). The van der Waals surface area contributed by atoms with E-state index in [1.807, 2.05) is 0 Å². The Labute approximate surface area is 81.1 Å². The van der Waals surface area contributed by atoms with Gasteiger partial charge >= 0.3 is 6.18 Å². The van der Waals surface area contributed by atoms with Crippen LogP contribution in [0.5, 0.6) is 5.75 Å². The smallest absolute Gasteiger partial charge is 0.407 e. The minimum Gasteiger partial charge on any atom is -0.503 e. The second-order valence-corrected chi connectivity index (χ2v) is 2.85. The van der Waals surface area contributed by atoms with Gasteiger partial charge in [0.2, 0.25) is 0 Å². The predicted molar refractivity (Wildman–Crippen MR) is 41.0 cm³/mol. The third-order valence-electron chi connectivity index (χ3n) is 1.75. The number of alkyl halides is 3. The number of phenols is 1. The summed E-state index contributed by atoms with van der Waals surface area (Å²) in [6, 6.07) is -1.80. The third-order valence-corrected chi connectivity index (χ3v) is 1.75. The minimum atomic E-state index is -4.80. The number of hydrogen-bond donors (Lipinski definition) is 2. The van der Waals surface area contributed by atoms with E-state index in [0.29, 0.717) is 12.1 Å². The van der Waals surface area contributed by atoms with Crippen LogP contribution >= 0.6 is 0 Å². The van der Waals surface area contributed by atoms with Crippen molar-refractivity contribution in [2.75, 3.05) is 0 Å². The monoisotopic (exact) mass is 227 g/mol. The topological polar surface area (TPSA) is 46.2 Å². The molecule has 0 aliphatic heterocycles. The molecule has 0 radical (unpaired) electrons. The molecule has 0 spiro atoms. The van der Waals surface area contributed by atoms with Crippen LogP contribution in [-0.2, 0) is 0 Å². The molecule has 0 unspecified atom stereocenters.